The Kier molecular flexibility index (Phi) is 3.71. The largest absolute Gasteiger partial charge is 0.382 e. The van der Waals surface area contributed by atoms with Gasteiger partial charge in [-0.1, -0.05) is 25.2 Å². The molecule has 0 bridgehead atoms. The quantitative estimate of drug-likeness (QED) is 0.774. The van der Waals surface area contributed by atoms with Crippen molar-refractivity contribution in [3.8, 4) is 0 Å². The molecular weight excluding hydrogens is 260 g/mol. The average molecular weight is 282 g/mol. The van der Waals surface area contributed by atoms with Gasteiger partial charge in [-0.3, -0.25) is 4.79 Å². The van der Waals surface area contributed by atoms with Crippen LogP contribution < -0.4 is 16.4 Å². The van der Waals surface area contributed by atoms with Crippen LogP contribution in [0, 0.1) is 11.3 Å². The number of carbonyl (C=O) groups excluding carboxylic acids is 1. The number of anilines is 2. The first-order valence-electron chi connectivity index (χ1n) is 6.60. The van der Waals surface area contributed by atoms with E-state index in [-0.39, 0.29) is 11.9 Å². The monoisotopic (exact) mass is 282 g/mol. The molecule has 0 spiro atoms. The Morgan fingerprint density at radius 3 is 2.74 bits per heavy atom. The maximum absolute atomic E-state index is 12.1. The Morgan fingerprint density at radius 1 is 1.58 bits per heavy atom. The molecule has 0 saturated heterocycles. The fourth-order valence-corrected chi connectivity index (χ4v) is 2.97. The van der Waals surface area contributed by atoms with Gasteiger partial charge in [0.25, 0.3) is 5.91 Å². The number of hydrogen-bond acceptors (Lipinski definition) is 5. The Hall–Kier alpha value is -1.30. The van der Waals surface area contributed by atoms with Gasteiger partial charge in [-0.05, 0) is 31.6 Å². The van der Waals surface area contributed by atoms with Crippen LogP contribution in [0.2, 0.25) is 0 Å². The topological polar surface area (TPSA) is 80.0 Å². The summed E-state index contributed by atoms with van der Waals surface area (Å²) < 4.78 is 0. The molecule has 1 amide bonds. The van der Waals surface area contributed by atoms with E-state index >= 15 is 0 Å². The third kappa shape index (κ3) is 3.37. The van der Waals surface area contributed by atoms with Crippen LogP contribution in [0.3, 0.4) is 0 Å². The van der Waals surface area contributed by atoms with Crippen molar-refractivity contribution in [1.82, 2.24) is 10.3 Å². The van der Waals surface area contributed by atoms with E-state index in [4.69, 9.17) is 5.73 Å². The summed E-state index contributed by atoms with van der Waals surface area (Å²) in [6.45, 7) is 9.19. The van der Waals surface area contributed by atoms with Gasteiger partial charge < -0.3 is 16.4 Å². The summed E-state index contributed by atoms with van der Waals surface area (Å²) in [6, 6.07) is 0.272. The van der Waals surface area contributed by atoms with Gasteiger partial charge in [-0.15, -0.1) is 0 Å². The molecule has 0 aliphatic heterocycles. The molecule has 1 aliphatic carbocycles. The van der Waals surface area contributed by atoms with Gasteiger partial charge in [0, 0.05) is 12.6 Å². The van der Waals surface area contributed by atoms with E-state index in [9.17, 15) is 4.79 Å². The normalized spacial score (nSPS) is 20.4. The Bertz CT molecular complexity index is 481. The fraction of sp³-hybridized carbons (Fsp3) is 0.692. The molecule has 1 aliphatic rings. The van der Waals surface area contributed by atoms with Gasteiger partial charge in [0.2, 0.25) is 0 Å². The zero-order valence-electron chi connectivity index (χ0n) is 11.9. The minimum Gasteiger partial charge on any atom is -0.382 e. The lowest BCUT2D eigenvalue weighted by Gasteiger charge is -2.05. The summed E-state index contributed by atoms with van der Waals surface area (Å²) in [4.78, 5) is 16.7. The molecule has 106 valence electrons. The second kappa shape index (κ2) is 5.00. The van der Waals surface area contributed by atoms with Crippen LogP contribution in [0.25, 0.3) is 0 Å². The third-order valence-electron chi connectivity index (χ3n) is 3.50. The van der Waals surface area contributed by atoms with Gasteiger partial charge in [0.15, 0.2) is 5.13 Å². The van der Waals surface area contributed by atoms with Crippen molar-refractivity contribution >= 4 is 28.2 Å². The van der Waals surface area contributed by atoms with Crippen molar-refractivity contribution in [2.24, 2.45) is 11.3 Å². The maximum Gasteiger partial charge on any atom is 0.265 e. The van der Waals surface area contributed by atoms with Gasteiger partial charge in [-0.25, -0.2) is 4.98 Å². The highest BCUT2D eigenvalue weighted by molar-refractivity contribution is 7.18. The van der Waals surface area contributed by atoms with Crippen molar-refractivity contribution < 1.29 is 4.79 Å². The molecule has 1 aromatic heterocycles. The number of nitrogens with two attached hydrogens (primary N) is 1. The Balaban J connectivity index is 1.93. The lowest BCUT2D eigenvalue weighted by molar-refractivity contribution is 0.0955. The Labute approximate surface area is 118 Å². The second-order valence-electron chi connectivity index (χ2n) is 6.13. The van der Waals surface area contributed by atoms with Gasteiger partial charge in [0.1, 0.15) is 10.7 Å². The number of nitrogen functional groups attached to an aromatic ring is 1. The van der Waals surface area contributed by atoms with E-state index in [1.54, 1.807) is 0 Å². The number of thiazole rings is 1. The predicted octanol–water partition coefficient (Wildman–Crippen LogP) is 2.32. The number of amides is 1. The highest BCUT2D eigenvalue weighted by Gasteiger charge is 2.45. The summed E-state index contributed by atoms with van der Waals surface area (Å²) in [5.41, 5.74) is 6.16. The van der Waals surface area contributed by atoms with Crippen LogP contribution in [-0.2, 0) is 0 Å². The van der Waals surface area contributed by atoms with Crippen LogP contribution in [-0.4, -0.2) is 23.5 Å². The SMILES string of the molecule is CC(C)Nc1nc(N)c(C(=O)NCC2CC2(C)C)s1. The first kappa shape index (κ1) is 14.1. The summed E-state index contributed by atoms with van der Waals surface area (Å²) in [7, 11) is 0. The van der Waals surface area contributed by atoms with Gasteiger partial charge in [0.05, 0.1) is 0 Å². The number of aromatic nitrogens is 1. The summed E-state index contributed by atoms with van der Waals surface area (Å²) in [6.07, 6.45) is 1.17. The summed E-state index contributed by atoms with van der Waals surface area (Å²) in [5, 5.41) is 6.80. The lowest BCUT2D eigenvalue weighted by Crippen LogP contribution is -2.26. The summed E-state index contributed by atoms with van der Waals surface area (Å²) >= 11 is 1.31. The highest BCUT2D eigenvalue weighted by Crippen LogP contribution is 2.51. The van der Waals surface area contributed by atoms with E-state index in [0.717, 1.165) is 6.54 Å². The lowest BCUT2D eigenvalue weighted by atomic mass is 10.1. The molecule has 1 unspecified atom stereocenters. The van der Waals surface area contributed by atoms with E-state index in [0.29, 0.717) is 27.2 Å². The van der Waals surface area contributed by atoms with E-state index in [1.807, 2.05) is 13.8 Å². The molecule has 1 aromatic rings. The first-order chi connectivity index (χ1) is 8.79. The number of carbonyl (C=O) groups is 1. The van der Waals surface area contributed by atoms with Crippen molar-refractivity contribution in [3.63, 3.8) is 0 Å². The average Bonchev–Trinajstić information content (AvgIpc) is 2.72. The molecule has 19 heavy (non-hydrogen) atoms. The van der Waals surface area contributed by atoms with E-state index in [1.165, 1.54) is 17.8 Å². The molecular formula is C13H22N4OS. The molecule has 2 rings (SSSR count). The molecule has 1 atom stereocenters. The van der Waals surface area contributed by atoms with Crippen LogP contribution in [0.15, 0.2) is 0 Å². The van der Waals surface area contributed by atoms with E-state index < -0.39 is 0 Å². The smallest absolute Gasteiger partial charge is 0.265 e. The zero-order valence-corrected chi connectivity index (χ0v) is 12.7. The molecule has 5 nitrogen and oxygen atoms in total. The van der Waals surface area contributed by atoms with Crippen molar-refractivity contribution in [1.29, 1.82) is 0 Å². The van der Waals surface area contributed by atoms with Crippen molar-refractivity contribution in [2.75, 3.05) is 17.6 Å². The number of nitrogens with one attached hydrogen (secondary N) is 2. The van der Waals surface area contributed by atoms with E-state index in [2.05, 4.69) is 29.5 Å². The van der Waals surface area contributed by atoms with Crippen molar-refractivity contribution in [2.45, 2.75) is 40.2 Å². The number of rotatable bonds is 5. The molecule has 1 saturated carbocycles. The van der Waals surface area contributed by atoms with Crippen LogP contribution in [0.4, 0.5) is 10.9 Å². The second-order valence-corrected chi connectivity index (χ2v) is 7.13. The minimum absolute atomic E-state index is 0.116. The first-order valence-corrected chi connectivity index (χ1v) is 7.42. The fourth-order valence-electron chi connectivity index (χ4n) is 2.02. The van der Waals surface area contributed by atoms with Crippen LogP contribution in [0.5, 0.6) is 0 Å². The maximum atomic E-state index is 12.1. The molecule has 6 heteroatoms. The zero-order chi connectivity index (χ0) is 14.2. The van der Waals surface area contributed by atoms with Crippen molar-refractivity contribution in [3.05, 3.63) is 4.88 Å². The Morgan fingerprint density at radius 2 is 2.21 bits per heavy atom. The molecule has 4 N–H and O–H groups in total. The highest BCUT2D eigenvalue weighted by atomic mass is 32.1. The summed E-state index contributed by atoms with van der Waals surface area (Å²) in [5.74, 6) is 0.772. The predicted molar refractivity (Wildman–Crippen MR) is 79.5 cm³/mol. The van der Waals surface area contributed by atoms with Gasteiger partial charge >= 0.3 is 0 Å². The molecule has 0 aromatic carbocycles. The molecule has 0 radical (unpaired) electrons. The number of hydrogen-bond donors (Lipinski definition) is 3. The third-order valence-corrected chi connectivity index (χ3v) is 4.50. The van der Waals surface area contributed by atoms with Gasteiger partial charge in [-0.2, -0.15) is 0 Å². The molecule has 1 heterocycles. The minimum atomic E-state index is -0.116. The van der Waals surface area contributed by atoms with Crippen LogP contribution in [0.1, 0.15) is 43.8 Å². The molecule has 1 fully saturated rings. The standard InChI is InChI=1S/C13H22N4OS/c1-7(2)16-12-17-10(14)9(19-12)11(18)15-6-8-5-13(8,3)4/h7-8H,5-6,14H2,1-4H3,(H,15,18)(H,16,17). The number of nitrogens with zero attached hydrogens (tertiary/aromatic N) is 1. The van der Waals surface area contributed by atoms with Crippen LogP contribution >= 0.6 is 11.3 Å².